The van der Waals surface area contributed by atoms with E-state index in [4.69, 9.17) is 0 Å². The molecule has 1 aromatic heterocycles. The molecule has 0 amide bonds. The summed E-state index contributed by atoms with van der Waals surface area (Å²) in [6, 6.07) is 17.5. The summed E-state index contributed by atoms with van der Waals surface area (Å²) in [7, 11) is 2.13. The second-order valence-electron chi connectivity index (χ2n) is 5.75. The fraction of sp³-hybridized carbons (Fsp3) is 0.211. The van der Waals surface area contributed by atoms with Crippen molar-refractivity contribution < 1.29 is 4.48 Å². The number of hydrogen-bond acceptors (Lipinski definition) is 0. The SMILES string of the molecule is C[B][n+]1c2ccccc2cc2cc(/C=C/C(C)C)ccc21. The average molecular weight is 273 g/mol. The van der Waals surface area contributed by atoms with Crippen LogP contribution in [0, 0.1) is 5.92 Å². The zero-order valence-corrected chi connectivity index (χ0v) is 12.9. The average Bonchev–Trinajstić information content (AvgIpc) is 2.50. The van der Waals surface area contributed by atoms with E-state index in [1.165, 1.54) is 27.4 Å². The topological polar surface area (TPSA) is 3.88 Å². The molecule has 2 heteroatoms. The van der Waals surface area contributed by atoms with Gasteiger partial charge in [-0.15, -0.1) is 0 Å². The molecule has 0 spiro atoms. The van der Waals surface area contributed by atoms with Crippen LogP contribution in [-0.4, -0.2) is 7.41 Å². The molecule has 0 saturated heterocycles. The molecule has 1 radical (unpaired) electrons. The van der Waals surface area contributed by atoms with Crippen LogP contribution < -0.4 is 4.48 Å². The van der Waals surface area contributed by atoms with E-state index in [0.717, 1.165) is 0 Å². The molecule has 3 aromatic rings. The van der Waals surface area contributed by atoms with Gasteiger partial charge in [0.05, 0.1) is 0 Å². The largest absolute Gasteiger partial charge is 0.536 e. The van der Waals surface area contributed by atoms with Crippen molar-refractivity contribution in [3.05, 3.63) is 60.2 Å². The van der Waals surface area contributed by atoms with Crippen LogP contribution in [0.5, 0.6) is 0 Å². The van der Waals surface area contributed by atoms with E-state index in [9.17, 15) is 0 Å². The second kappa shape index (κ2) is 5.73. The van der Waals surface area contributed by atoms with Crippen molar-refractivity contribution in [3.8, 4) is 0 Å². The summed E-state index contributed by atoms with van der Waals surface area (Å²) >= 11 is 0. The first-order valence-corrected chi connectivity index (χ1v) is 7.54. The normalized spacial score (nSPS) is 11.8. The minimum absolute atomic E-state index is 0.575. The van der Waals surface area contributed by atoms with Crippen LogP contribution in [-0.2, 0) is 0 Å². The molecule has 0 aliphatic carbocycles. The molecule has 0 bridgehead atoms. The number of pyridine rings is 1. The number of rotatable bonds is 3. The molecule has 0 aliphatic rings. The molecule has 0 fully saturated rings. The molecule has 103 valence electrons. The highest BCUT2D eigenvalue weighted by molar-refractivity contribution is 6.24. The van der Waals surface area contributed by atoms with Crippen molar-refractivity contribution in [2.45, 2.75) is 20.7 Å². The zero-order chi connectivity index (χ0) is 14.8. The monoisotopic (exact) mass is 273 g/mol. The summed E-state index contributed by atoms with van der Waals surface area (Å²) < 4.78 is 2.26. The molecular weight excluding hydrogens is 253 g/mol. The lowest BCUT2D eigenvalue weighted by Gasteiger charge is -2.05. The molecule has 21 heavy (non-hydrogen) atoms. The summed E-state index contributed by atoms with van der Waals surface area (Å²) in [5.41, 5.74) is 3.75. The molecule has 0 atom stereocenters. The van der Waals surface area contributed by atoms with Crippen molar-refractivity contribution in [2.75, 3.05) is 0 Å². The van der Waals surface area contributed by atoms with Crippen molar-refractivity contribution in [3.63, 3.8) is 0 Å². The highest BCUT2D eigenvalue weighted by Gasteiger charge is 2.14. The predicted molar refractivity (Wildman–Crippen MR) is 92.5 cm³/mol. The van der Waals surface area contributed by atoms with Gasteiger partial charge in [0.15, 0.2) is 11.0 Å². The smallest absolute Gasteiger partial charge is 0.278 e. The maximum Gasteiger partial charge on any atom is 0.536 e. The Bertz CT molecular complexity index is 818. The maximum absolute atomic E-state index is 2.28. The number of nitrogens with zero attached hydrogens (tertiary/aromatic N) is 1. The van der Waals surface area contributed by atoms with E-state index in [1.54, 1.807) is 0 Å². The summed E-state index contributed by atoms with van der Waals surface area (Å²) in [6.07, 6.45) is 4.45. The Hall–Kier alpha value is -2.09. The van der Waals surface area contributed by atoms with Crippen LogP contribution in [0.4, 0.5) is 0 Å². The van der Waals surface area contributed by atoms with E-state index in [0.29, 0.717) is 5.92 Å². The summed E-state index contributed by atoms with van der Waals surface area (Å²) in [4.78, 5) is 0. The fourth-order valence-corrected chi connectivity index (χ4v) is 2.72. The fourth-order valence-electron chi connectivity index (χ4n) is 2.72. The van der Waals surface area contributed by atoms with Crippen molar-refractivity contribution in [1.82, 2.24) is 0 Å². The Kier molecular flexibility index (Phi) is 3.79. The van der Waals surface area contributed by atoms with Crippen molar-refractivity contribution in [2.24, 2.45) is 5.92 Å². The summed E-state index contributed by atoms with van der Waals surface area (Å²) in [6.45, 7) is 6.48. The van der Waals surface area contributed by atoms with Gasteiger partial charge < -0.3 is 0 Å². The van der Waals surface area contributed by atoms with Gasteiger partial charge in [-0.05, 0) is 42.6 Å². The quantitative estimate of drug-likeness (QED) is 0.490. The van der Waals surface area contributed by atoms with Gasteiger partial charge in [0.25, 0.3) is 0 Å². The minimum Gasteiger partial charge on any atom is -0.278 e. The predicted octanol–water partition coefficient (Wildman–Crippen LogP) is 4.47. The molecule has 0 saturated carbocycles. The van der Waals surface area contributed by atoms with Gasteiger partial charge >= 0.3 is 7.41 Å². The maximum atomic E-state index is 2.28. The highest BCUT2D eigenvalue weighted by atomic mass is 14.9. The van der Waals surface area contributed by atoms with E-state index in [-0.39, 0.29) is 0 Å². The van der Waals surface area contributed by atoms with Gasteiger partial charge in [-0.25, -0.2) is 0 Å². The summed E-state index contributed by atoms with van der Waals surface area (Å²) in [5, 5.41) is 2.55. The Morgan fingerprint density at radius 3 is 2.48 bits per heavy atom. The van der Waals surface area contributed by atoms with Crippen molar-refractivity contribution >= 4 is 35.3 Å². The molecule has 2 aromatic carbocycles. The van der Waals surface area contributed by atoms with Gasteiger partial charge in [-0.2, -0.15) is 0 Å². The third-order valence-electron chi connectivity index (χ3n) is 3.75. The highest BCUT2D eigenvalue weighted by Crippen LogP contribution is 2.20. The van der Waals surface area contributed by atoms with Gasteiger partial charge in [0, 0.05) is 22.9 Å². The van der Waals surface area contributed by atoms with Crippen LogP contribution in [0.3, 0.4) is 0 Å². The Morgan fingerprint density at radius 1 is 0.952 bits per heavy atom. The molecule has 1 heterocycles. The lowest BCUT2D eigenvalue weighted by molar-refractivity contribution is -0.467. The van der Waals surface area contributed by atoms with Gasteiger partial charge in [0.1, 0.15) is 0 Å². The number of benzene rings is 2. The van der Waals surface area contributed by atoms with Crippen LogP contribution in [0.2, 0.25) is 6.82 Å². The Labute approximate surface area is 127 Å². The number of aromatic nitrogens is 1. The van der Waals surface area contributed by atoms with E-state index in [1.807, 2.05) is 0 Å². The lowest BCUT2D eigenvalue weighted by Crippen LogP contribution is -2.39. The number of fused-ring (bicyclic) bond motifs is 2. The first-order valence-electron chi connectivity index (χ1n) is 7.54. The Morgan fingerprint density at radius 2 is 1.71 bits per heavy atom. The standard InChI is InChI=1S/C19H20BN/c1-14(2)8-9-15-10-11-19-17(12-15)13-16-6-4-5-7-18(16)21(19)20-3/h4-14H,1-3H3/q+1/b9-8+. The molecular formula is C19H20BN+. The zero-order valence-electron chi connectivity index (χ0n) is 12.9. The first-order chi connectivity index (χ1) is 10.2. The third-order valence-corrected chi connectivity index (χ3v) is 3.75. The molecule has 0 aliphatic heterocycles. The summed E-state index contributed by atoms with van der Waals surface area (Å²) in [5.74, 6) is 0.575. The van der Waals surface area contributed by atoms with Crippen molar-refractivity contribution in [1.29, 1.82) is 0 Å². The van der Waals surface area contributed by atoms with E-state index < -0.39 is 0 Å². The number of para-hydroxylation sites is 1. The van der Waals surface area contributed by atoms with Gasteiger partial charge in [0.2, 0.25) is 0 Å². The second-order valence-corrected chi connectivity index (χ2v) is 5.75. The Balaban J connectivity index is 2.24. The van der Waals surface area contributed by atoms with Crippen LogP contribution in [0.1, 0.15) is 19.4 Å². The lowest BCUT2D eigenvalue weighted by atomic mass is 9.94. The van der Waals surface area contributed by atoms with Crippen LogP contribution in [0.25, 0.3) is 27.9 Å². The first kappa shape index (κ1) is 13.9. The molecule has 1 nitrogen and oxygen atoms in total. The van der Waals surface area contributed by atoms with Gasteiger partial charge in [-0.1, -0.05) is 38.1 Å². The molecule has 0 N–H and O–H groups in total. The number of allylic oxidation sites excluding steroid dienone is 1. The molecule has 3 rings (SSSR count). The van der Waals surface area contributed by atoms with E-state index in [2.05, 4.69) is 93.2 Å². The molecule has 0 unspecified atom stereocenters. The number of hydrogen-bond donors (Lipinski definition) is 0. The van der Waals surface area contributed by atoms with Gasteiger partial charge in [-0.3, -0.25) is 4.48 Å². The van der Waals surface area contributed by atoms with E-state index >= 15 is 0 Å². The minimum atomic E-state index is 0.575. The van der Waals surface area contributed by atoms with Crippen LogP contribution >= 0.6 is 0 Å². The van der Waals surface area contributed by atoms with Crippen LogP contribution in [0.15, 0.2) is 54.6 Å². The third kappa shape index (κ3) is 2.71.